The number of nitrogens with zero attached hydrogens (tertiary/aromatic N) is 1. The van der Waals surface area contributed by atoms with Crippen LogP contribution in [0.4, 0.5) is 5.69 Å². The first-order chi connectivity index (χ1) is 13.9. The normalized spacial score (nSPS) is 21.1. The largest absolute Gasteiger partial charge is 0.456 e. The number of rotatable bonds is 4. The summed E-state index contributed by atoms with van der Waals surface area (Å²) in [7, 11) is 0. The van der Waals surface area contributed by atoms with Crippen LogP contribution in [0.3, 0.4) is 0 Å². The summed E-state index contributed by atoms with van der Waals surface area (Å²) in [6, 6.07) is 7.53. The first-order valence-electron chi connectivity index (χ1n) is 10.5. The van der Waals surface area contributed by atoms with E-state index < -0.39 is 0 Å². The Kier molecular flexibility index (Phi) is 5.35. The Morgan fingerprint density at radius 2 is 2.03 bits per heavy atom. The van der Waals surface area contributed by atoms with Gasteiger partial charge >= 0.3 is 0 Å². The summed E-state index contributed by atoms with van der Waals surface area (Å²) >= 11 is 0. The zero-order valence-corrected chi connectivity index (χ0v) is 17.2. The molecule has 2 heterocycles. The molecule has 0 saturated carbocycles. The number of likely N-dealkylation sites (tertiary alicyclic amines) is 1. The van der Waals surface area contributed by atoms with Crippen LogP contribution in [-0.2, 0) is 12.8 Å². The van der Waals surface area contributed by atoms with E-state index >= 15 is 0 Å². The predicted molar refractivity (Wildman–Crippen MR) is 112 cm³/mol. The van der Waals surface area contributed by atoms with Crippen molar-refractivity contribution in [2.75, 3.05) is 18.8 Å². The summed E-state index contributed by atoms with van der Waals surface area (Å²) in [5, 5.41) is 2.99. The van der Waals surface area contributed by atoms with E-state index in [-0.39, 0.29) is 23.8 Å². The van der Waals surface area contributed by atoms with E-state index in [1.165, 1.54) is 5.56 Å². The Bertz CT molecular complexity index is 910. The monoisotopic (exact) mass is 395 g/mol. The summed E-state index contributed by atoms with van der Waals surface area (Å²) in [5.74, 6) is 1.38. The molecule has 154 valence electrons. The highest BCUT2D eigenvalue weighted by Crippen LogP contribution is 2.27. The van der Waals surface area contributed by atoms with Gasteiger partial charge in [-0.05, 0) is 74.8 Å². The topological polar surface area (TPSA) is 88.6 Å². The molecule has 2 amide bonds. The van der Waals surface area contributed by atoms with Gasteiger partial charge in [-0.25, -0.2) is 0 Å². The number of amides is 2. The van der Waals surface area contributed by atoms with E-state index in [0.29, 0.717) is 30.1 Å². The van der Waals surface area contributed by atoms with Gasteiger partial charge < -0.3 is 20.4 Å². The smallest absolute Gasteiger partial charge is 0.287 e. The zero-order chi connectivity index (χ0) is 20.5. The Morgan fingerprint density at radius 1 is 1.24 bits per heavy atom. The first kappa shape index (κ1) is 19.6. The Morgan fingerprint density at radius 3 is 2.79 bits per heavy atom. The third kappa shape index (κ3) is 4.02. The van der Waals surface area contributed by atoms with Crippen molar-refractivity contribution in [1.82, 2.24) is 10.2 Å². The van der Waals surface area contributed by atoms with E-state index in [2.05, 4.69) is 5.32 Å². The second kappa shape index (κ2) is 7.93. The summed E-state index contributed by atoms with van der Waals surface area (Å²) in [4.78, 5) is 27.3. The van der Waals surface area contributed by atoms with Crippen LogP contribution in [0, 0.1) is 12.8 Å². The number of carbonyl (C=O) groups is 2. The number of hydrogen-bond acceptors (Lipinski definition) is 4. The lowest BCUT2D eigenvalue weighted by molar-refractivity contribution is 0.0744. The van der Waals surface area contributed by atoms with Gasteiger partial charge in [-0.2, -0.15) is 0 Å². The number of nitrogen functional groups attached to an aromatic ring is 1. The van der Waals surface area contributed by atoms with Crippen LogP contribution in [0.1, 0.15) is 64.0 Å². The van der Waals surface area contributed by atoms with Gasteiger partial charge in [-0.15, -0.1) is 0 Å². The molecule has 4 rings (SSSR count). The van der Waals surface area contributed by atoms with Crippen molar-refractivity contribution < 1.29 is 14.0 Å². The molecule has 2 aromatic rings. The molecule has 29 heavy (non-hydrogen) atoms. The molecule has 6 heteroatoms. The van der Waals surface area contributed by atoms with Crippen molar-refractivity contribution in [3.8, 4) is 0 Å². The number of nitrogens with one attached hydrogen (secondary N) is 1. The second-order valence-corrected chi connectivity index (χ2v) is 8.48. The molecule has 0 bridgehead atoms. The lowest BCUT2D eigenvalue weighted by atomic mass is 9.99. The van der Waals surface area contributed by atoms with E-state index in [0.717, 1.165) is 43.4 Å². The van der Waals surface area contributed by atoms with Crippen molar-refractivity contribution >= 4 is 17.5 Å². The first-order valence-corrected chi connectivity index (χ1v) is 10.5. The SMILES string of the molecule is Cc1ccc(C(=O)N2CC(CNC(=O)c3cc4c(o3)CCCC4)CC2C)c(N)c1. The minimum absolute atomic E-state index is 0.0393. The molecule has 0 spiro atoms. The van der Waals surface area contributed by atoms with E-state index in [1.807, 2.05) is 36.9 Å². The average Bonchev–Trinajstić information content (AvgIpc) is 3.29. The minimum atomic E-state index is -0.167. The molecular weight excluding hydrogens is 366 g/mol. The standard InChI is InChI=1S/C23H29N3O3/c1-14-7-8-18(19(24)9-14)23(28)26-13-16(10-15(26)2)12-25-22(27)21-11-17-5-3-4-6-20(17)29-21/h7-9,11,15-16H,3-6,10,12-13,24H2,1-2H3,(H,25,27). The van der Waals surface area contributed by atoms with Crippen LogP contribution in [0.5, 0.6) is 0 Å². The number of nitrogens with two attached hydrogens (primary N) is 1. The highest BCUT2D eigenvalue weighted by molar-refractivity contribution is 5.99. The number of benzene rings is 1. The molecule has 1 aliphatic heterocycles. The maximum atomic E-state index is 13.0. The highest BCUT2D eigenvalue weighted by atomic mass is 16.4. The molecule has 1 saturated heterocycles. The number of anilines is 1. The van der Waals surface area contributed by atoms with Crippen LogP contribution in [0.2, 0.25) is 0 Å². The Labute approximate surface area is 171 Å². The van der Waals surface area contributed by atoms with Gasteiger partial charge in [0.2, 0.25) is 0 Å². The molecular formula is C23H29N3O3. The van der Waals surface area contributed by atoms with Crippen molar-refractivity contribution in [3.05, 3.63) is 52.5 Å². The molecule has 2 atom stereocenters. The van der Waals surface area contributed by atoms with Crippen molar-refractivity contribution in [3.63, 3.8) is 0 Å². The van der Waals surface area contributed by atoms with Gasteiger partial charge in [0.25, 0.3) is 11.8 Å². The van der Waals surface area contributed by atoms with Crippen LogP contribution in [0.15, 0.2) is 28.7 Å². The van der Waals surface area contributed by atoms with Gasteiger partial charge in [-0.1, -0.05) is 6.07 Å². The van der Waals surface area contributed by atoms with Gasteiger partial charge in [-0.3, -0.25) is 9.59 Å². The van der Waals surface area contributed by atoms with Crippen molar-refractivity contribution in [2.45, 2.75) is 52.0 Å². The third-order valence-electron chi connectivity index (χ3n) is 6.13. The Hall–Kier alpha value is -2.76. The number of furan rings is 1. The fraction of sp³-hybridized carbons (Fsp3) is 0.478. The third-order valence-corrected chi connectivity index (χ3v) is 6.13. The zero-order valence-electron chi connectivity index (χ0n) is 17.2. The molecule has 1 fully saturated rings. The van der Waals surface area contributed by atoms with Gasteiger partial charge in [0.15, 0.2) is 5.76 Å². The number of fused-ring (bicyclic) bond motifs is 1. The number of hydrogen-bond donors (Lipinski definition) is 2. The van der Waals surface area contributed by atoms with Gasteiger partial charge in [0.05, 0.1) is 5.56 Å². The minimum Gasteiger partial charge on any atom is -0.456 e. The number of carbonyl (C=O) groups excluding carboxylic acids is 2. The van der Waals surface area contributed by atoms with Gasteiger partial charge in [0.1, 0.15) is 5.76 Å². The fourth-order valence-electron chi connectivity index (χ4n) is 4.53. The molecule has 6 nitrogen and oxygen atoms in total. The van der Waals surface area contributed by atoms with Crippen LogP contribution in [-0.4, -0.2) is 35.8 Å². The maximum Gasteiger partial charge on any atom is 0.287 e. The van der Waals surface area contributed by atoms with Gasteiger partial charge in [0, 0.05) is 31.2 Å². The molecule has 1 aromatic heterocycles. The summed E-state index contributed by atoms with van der Waals surface area (Å²) in [6.45, 7) is 5.14. The van der Waals surface area contributed by atoms with E-state index in [9.17, 15) is 9.59 Å². The molecule has 1 aliphatic carbocycles. The van der Waals surface area contributed by atoms with E-state index in [4.69, 9.17) is 10.2 Å². The van der Waals surface area contributed by atoms with Crippen LogP contribution >= 0.6 is 0 Å². The summed E-state index contributed by atoms with van der Waals surface area (Å²) in [5.41, 5.74) is 9.33. The molecule has 1 aromatic carbocycles. The molecule has 2 aliphatic rings. The highest BCUT2D eigenvalue weighted by Gasteiger charge is 2.34. The van der Waals surface area contributed by atoms with E-state index in [1.54, 1.807) is 6.07 Å². The quantitative estimate of drug-likeness (QED) is 0.777. The fourth-order valence-corrected chi connectivity index (χ4v) is 4.53. The number of aryl methyl sites for hydroxylation is 3. The average molecular weight is 396 g/mol. The summed E-state index contributed by atoms with van der Waals surface area (Å²) < 4.78 is 5.75. The summed E-state index contributed by atoms with van der Waals surface area (Å²) in [6.07, 6.45) is 5.04. The lowest BCUT2D eigenvalue weighted by Crippen LogP contribution is -2.35. The van der Waals surface area contributed by atoms with Crippen LogP contribution < -0.4 is 11.1 Å². The lowest BCUT2D eigenvalue weighted by Gasteiger charge is -2.22. The molecule has 3 N–H and O–H groups in total. The van der Waals surface area contributed by atoms with Crippen LogP contribution in [0.25, 0.3) is 0 Å². The predicted octanol–water partition coefficient (Wildman–Crippen LogP) is 3.33. The van der Waals surface area contributed by atoms with Crippen molar-refractivity contribution in [1.29, 1.82) is 0 Å². The molecule has 2 unspecified atom stereocenters. The maximum absolute atomic E-state index is 13.0. The van der Waals surface area contributed by atoms with Crippen molar-refractivity contribution in [2.24, 2.45) is 5.92 Å². The molecule has 0 radical (unpaired) electrons. The second-order valence-electron chi connectivity index (χ2n) is 8.48. The Balaban J connectivity index is 1.35.